The highest BCUT2D eigenvalue weighted by molar-refractivity contribution is 6.35. The van der Waals surface area contributed by atoms with Crippen molar-refractivity contribution < 1.29 is 14.9 Å². The molecule has 26 heavy (non-hydrogen) atoms. The van der Waals surface area contributed by atoms with Crippen LogP contribution in [0.1, 0.15) is 19.4 Å². The van der Waals surface area contributed by atoms with E-state index in [1.165, 1.54) is 0 Å². The summed E-state index contributed by atoms with van der Waals surface area (Å²) in [6.45, 7) is 8.07. The van der Waals surface area contributed by atoms with Crippen LogP contribution in [0.4, 0.5) is 0 Å². The fraction of sp³-hybridized carbons (Fsp3) is 0.182. The molecule has 0 saturated carbocycles. The van der Waals surface area contributed by atoms with Crippen molar-refractivity contribution in [2.75, 3.05) is 6.51 Å². The van der Waals surface area contributed by atoms with Gasteiger partial charge in [-0.25, -0.2) is 0 Å². The minimum Gasteiger partial charge on any atom is -0.508 e. The number of benzene rings is 2. The summed E-state index contributed by atoms with van der Waals surface area (Å²) in [6.07, 6.45) is 6.40. The van der Waals surface area contributed by atoms with Crippen LogP contribution in [0.3, 0.4) is 0 Å². The molecule has 0 spiro atoms. The molecule has 133 valence electrons. The highest BCUT2D eigenvalue weighted by Crippen LogP contribution is 2.41. The number of aliphatic hydroxyl groups is 1. The molecule has 0 unspecified atom stereocenters. The van der Waals surface area contributed by atoms with E-state index in [9.17, 15) is 10.2 Å². The predicted molar refractivity (Wildman–Crippen MR) is 110 cm³/mol. The highest BCUT2D eigenvalue weighted by atomic mass is 16.5. The molecule has 2 N–H and O–H groups in total. The van der Waals surface area contributed by atoms with Gasteiger partial charge in [-0.3, -0.25) is 0 Å². The summed E-state index contributed by atoms with van der Waals surface area (Å²) < 4.78 is 6.05. The monoisotopic (exact) mass is 347 g/mol. The van der Waals surface area contributed by atoms with E-state index < -0.39 is 0 Å². The lowest BCUT2D eigenvalue weighted by Gasteiger charge is -2.18. The fourth-order valence-corrected chi connectivity index (χ4v) is 2.61. The molecule has 0 aliphatic rings. The fourth-order valence-electron chi connectivity index (χ4n) is 2.61. The van der Waals surface area contributed by atoms with E-state index in [4.69, 9.17) is 4.74 Å². The van der Waals surface area contributed by atoms with Gasteiger partial charge in [0, 0.05) is 22.3 Å². The molecule has 3 nitrogen and oxygen atoms in total. The molecule has 0 bridgehead atoms. The van der Waals surface area contributed by atoms with Gasteiger partial charge in [-0.15, -0.1) is 0 Å². The van der Waals surface area contributed by atoms with Gasteiger partial charge in [0.1, 0.15) is 17.3 Å². The Morgan fingerprint density at radius 1 is 1.15 bits per heavy atom. The van der Waals surface area contributed by atoms with E-state index in [1.807, 2.05) is 63.6 Å². The highest BCUT2D eigenvalue weighted by Gasteiger charge is 2.18. The number of allylic oxidation sites excluding steroid dienone is 4. The zero-order valence-corrected chi connectivity index (χ0v) is 15.3. The normalized spacial score (nSPS) is 11.5. The van der Waals surface area contributed by atoms with Crippen LogP contribution in [0.15, 0.2) is 73.0 Å². The van der Waals surface area contributed by atoms with E-state index >= 15 is 0 Å². The second kappa shape index (κ2) is 9.57. The Labute approximate surface area is 156 Å². The van der Waals surface area contributed by atoms with E-state index in [-0.39, 0.29) is 11.5 Å². The van der Waals surface area contributed by atoms with Gasteiger partial charge in [0.05, 0.1) is 6.51 Å². The molecule has 0 fully saturated rings. The zero-order chi connectivity index (χ0) is 18.9. The molecule has 0 heterocycles. The minimum atomic E-state index is -0.0399. The second-order valence-corrected chi connectivity index (χ2v) is 5.76. The van der Waals surface area contributed by atoms with E-state index in [1.54, 1.807) is 18.2 Å². The number of rotatable bonds is 8. The molecule has 0 atom stereocenters. The van der Waals surface area contributed by atoms with Crippen LogP contribution >= 0.6 is 0 Å². The number of aliphatic hydroxyl groups excluding tert-OH is 1. The predicted octanol–water partition coefficient (Wildman–Crippen LogP) is 5.57. The minimum absolute atomic E-state index is 0.0399. The Morgan fingerprint density at radius 2 is 1.88 bits per heavy atom. The van der Waals surface area contributed by atoms with Gasteiger partial charge in [0.25, 0.3) is 0 Å². The number of ether oxygens (including phenoxy) is 1. The molecule has 2 rings (SSSR count). The lowest BCUT2D eigenvalue weighted by Crippen LogP contribution is -2.08. The Balaban J connectivity index is 2.66. The summed E-state index contributed by atoms with van der Waals surface area (Å²) >= 11 is 0. The molecule has 0 amide bonds. The Kier molecular flexibility index (Phi) is 7.16. The first kappa shape index (κ1) is 19.4. The third-order valence-corrected chi connectivity index (χ3v) is 3.90. The average molecular weight is 347 g/mol. The third kappa shape index (κ3) is 4.60. The summed E-state index contributed by atoms with van der Waals surface area (Å²) in [5.74, 6) is 0.738. The van der Waals surface area contributed by atoms with Gasteiger partial charge in [0.15, 0.2) is 7.28 Å². The van der Waals surface area contributed by atoms with Crippen LogP contribution in [0, 0.1) is 0 Å². The molecule has 0 aliphatic heterocycles. The molecule has 2 aromatic rings. The molecular formula is C22H24BO3. The van der Waals surface area contributed by atoms with Crippen LogP contribution < -0.4 is 4.74 Å². The zero-order valence-electron chi connectivity index (χ0n) is 15.3. The van der Waals surface area contributed by atoms with Crippen molar-refractivity contribution >= 4 is 12.9 Å². The van der Waals surface area contributed by atoms with Crippen molar-refractivity contribution in [1.82, 2.24) is 0 Å². The van der Waals surface area contributed by atoms with Gasteiger partial charge in [-0.1, -0.05) is 74.4 Å². The average Bonchev–Trinajstić information content (AvgIpc) is 2.63. The second-order valence-electron chi connectivity index (χ2n) is 5.76. The smallest absolute Gasteiger partial charge is 0.161 e. The van der Waals surface area contributed by atoms with Crippen molar-refractivity contribution in [2.24, 2.45) is 0 Å². The first-order valence-electron chi connectivity index (χ1n) is 8.67. The number of phenols is 1. The maximum atomic E-state index is 10.3. The first-order valence-corrected chi connectivity index (χ1v) is 8.67. The molecule has 2 aromatic carbocycles. The van der Waals surface area contributed by atoms with Crippen LogP contribution in [0.25, 0.3) is 16.7 Å². The van der Waals surface area contributed by atoms with E-state index in [0.717, 1.165) is 17.4 Å². The lowest BCUT2D eigenvalue weighted by atomic mass is 9.77. The maximum absolute atomic E-state index is 10.3. The topological polar surface area (TPSA) is 49.7 Å². The van der Waals surface area contributed by atoms with Crippen molar-refractivity contribution in [3.63, 3.8) is 0 Å². The Bertz CT molecular complexity index is 822. The third-order valence-electron chi connectivity index (χ3n) is 3.90. The number of hydrogen-bond acceptors (Lipinski definition) is 3. The van der Waals surface area contributed by atoms with Gasteiger partial charge in [-0.2, -0.15) is 0 Å². The lowest BCUT2D eigenvalue weighted by molar-refractivity contribution is 0.383. The molecule has 4 heteroatoms. The summed E-state index contributed by atoms with van der Waals surface area (Å²) in [6, 6.07) is 12.8. The number of para-hydroxylation sites is 2. The first-order chi connectivity index (χ1) is 12.6. The molecule has 1 radical (unpaired) electrons. The summed E-state index contributed by atoms with van der Waals surface area (Å²) in [5.41, 5.74) is 2.74. The van der Waals surface area contributed by atoms with E-state index in [2.05, 4.69) is 6.58 Å². The van der Waals surface area contributed by atoms with Crippen LogP contribution in [-0.4, -0.2) is 24.0 Å². The Hall–Kier alpha value is -2.88. The van der Waals surface area contributed by atoms with Gasteiger partial charge < -0.3 is 14.9 Å². The molecule has 0 saturated heterocycles. The number of aromatic hydroxyl groups is 1. The maximum Gasteiger partial charge on any atom is 0.161 e. The van der Waals surface area contributed by atoms with Crippen LogP contribution in [0.5, 0.6) is 11.5 Å². The molecule has 0 aromatic heterocycles. The van der Waals surface area contributed by atoms with Gasteiger partial charge in [-0.05, 0) is 13.0 Å². The Morgan fingerprint density at radius 3 is 2.54 bits per heavy atom. The molecular weight excluding hydrogens is 323 g/mol. The van der Waals surface area contributed by atoms with Crippen LogP contribution in [0.2, 0.25) is 6.32 Å². The van der Waals surface area contributed by atoms with Crippen molar-refractivity contribution in [3.8, 4) is 22.6 Å². The SMILES string of the molecule is C=C(O)/C(=C\C=C/C)c1cccc(-c2ccccc2O)c1OC[B]CC. The van der Waals surface area contributed by atoms with Crippen molar-refractivity contribution in [2.45, 2.75) is 20.2 Å². The van der Waals surface area contributed by atoms with Gasteiger partial charge in [0.2, 0.25) is 0 Å². The van der Waals surface area contributed by atoms with Crippen LogP contribution in [-0.2, 0) is 0 Å². The quantitative estimate of drug-likeness (QED) is 0.284. The largest absolute Gasteiger partial charge is 0.508 e. The number of hydrogen-bond donors (Lipinski definition) is 2. The van der Waals surface area contributed by atoms with Crippen molar-refractivity contribution in [3.05, 3.63) is 78.6 Å². The number of phenolic OH excluding ortho intramolecular Hbond substituents is 1. The molecule has 0 aliphatic carbocycles. The summed E-state index contributed by atoms with van der Waals surface area (Å²) in [4.78, 5) is 0. The standard InChI is InChI=1S/C22H24BO3/c1-4-6-10-17(16(3)24)19-12-9-13-20(22(19)26-15-23-5-2)18-11-7-8-14-21(18)25/h4,6-14,24-25H,3,5,15H2,1-2H3/b6-4-,17-10+. The summed E-state index contributed by atoms with van der Waals surface area (Å²) in [7, 11) is 2.02. The summed E-state index contributed by atoms with van der Waals surface area (Å²) in [5, 5.41) is 20.4. The van der Waals surface area contributed by atoms with Gasteiger partial charge >= 0.3 is 0 Å². The van der Waals surface area contributed by atoms with E-state index in [0.29, 0.717) is 23.4 Å². The van der Waals surface area contributed by atoms with Crippen molar-refractivity contribution in [1.29, 1.82) is 0 Å².